The van der Waals surface area contributed by atoms with Crippen LogP contribution in [0.3, 0.4) is 0 Å². The maximum Gasteiger partial charge on any atom is 0.276 e. The predicted octanol–water partition coefficient (Wildman–Crippen LogP) is 4.52. The lowest BCUT2D eigenvalue weighted by molar-refractivity contribution is 0.101. The highest BCUT2D eigenvalue weighted by molar-refractivity contribution is 6.32. The third-order valence-electron chi connectivity index (χ3n) is 3.51. The number of hydrogen-bond donors (Lipinski definition) is 1. The zero-order chi connectivity index (χ0) is 20.4. The Bertz CT molecular complexity index is 1030. The molecule has 146 valence electrons. The standard InChI is InChI=1S/C17H9ClF5N3O2/c18-8-3-1-2-4-10(8)28-7-26-6-5-9(25-26)17(27)24-16-14(22)12(20)11(19)13(21)15(16)23/h1-6H,7H2,(H,24,27). The number of rotatable bonds is 5. The van der Waals surface area contributed by atoms with Crippen molar-refractivity contribution >= 4 is 23.2 Å². The number of halogens is 6. The molecule has 2 aromatic carbocycles. The number of nitrogens with zero attached hydrogens (tertiary/aromatic N) is 2. The van der Waals surface area contributed by atoms with Gasteiger partial charge < -0.3 is 10.1 Å². The minimum absolute atomic E-state index is 0.153. The van der Waals surface area contributed by atoms with Gasteiger partial charge in [0.25, 0.3) is 5.91 Å². The van der Waals surface area contributed by atoms with E-state index in [9.17, 15) is 26.7 Å². The molecular weight excluding hydrogens is 409 g/mol. The fraction of sp³-hybridized carbons (Fsp3) is 0.0588. The molecule has 11 heteroatoms. The van der Waals surface area contributed by atoms with Crippen molar-refractivity contribution in [1.82, 2.24) is 9.78 Å². The molecule has 0 bridgehead atoms. The van der Waals surface area contributed by atoms with Crippen molar-refractivity contribution < 1.29 is 31.5 Å². The molecule has 0 fully saturated rings. The van der Waals surface area contributed by atoms with E-state index in [-0.39, 0.29) is 12.4 Å². The molecule has 0 atom stereocenters. The number of hydrogen-bond acceptors (Lipinski definition) is 3. The second-order valence-electron chi connectivity index (χ2n) is 5.34. The molecule has 1 heterocycles. The number of para-hydroxylation sites is 1. The Balaban J connectivity index is 1.74. The van der Waals surface area contributed by atoms with Crippen LogP contribution < -0.4 is 10.1 Å². The van der Waals surface area contributed by atoms with Crippen molar-refractivity contribution in [2.75, 3.05) is 5.32 Å². The average molecular weight is 418 g/mol. The van der Waals surface area contributed by atoms with Gasteiger partial charge in [0.2, 0.25) is 5.82 Å². The topological polar surface area (TPSA) is 56.2 Å². The molecule has 5 nitrogen and oxygen atoms in total. The van der Waals surface area contributed by atoms with Gasteiger partial charge in [0.05, 0.1) is 5.02 Å². The number of aromatic nitrogens is 2. The number of anilines is 1. The van der Waals surface area contributed by atoms with Crippen molar-refractivity contribution in [2.45, 2.75) is 6.73 Å². The Morgan fingerprint density at radius 2 is 1.61 bits per heavy atom. The second kappa shape index (κ2) is 7.85. The van der Waals surface area contributed by atoms with Gasteiger partial charge in [0, 0.05) is 6.20 Å². The molecule has 0 aliphatic carbocycles. The van der Waals surface area contributed by atoms with Gasteiger partial charge in [-0.15, -0.1) is 0 Å². The smallest absolute Gasteiger partial charge is 0.276 e. The van der Waals surface area contributed by atoms with Gasteiger partial charge in [0.1, 0.15) is 11.4 Å². The monoisotopic (exact) mass is 417 g/mol. The molecule has 0 aliphatic heterocycles. The summed E-state index contributed by atoms with van der Waals surface area (Å²) in [6.07, 6.45) is 1.31. The van der Waals surface area contributed by atoms with Gasteiger partial charge in [-0.2, -0.15) is 5.10 Å². The van der Waals surface area contributed by atoms with Gasteiger partial charge in [-0.1, -0.05) is 23.7 Å². The van der Waals surface area contributed by atoms with Gasteiger partial charge >= 0.3 is 0 Å². The number of amides is 1. The second-order valence-corrected chi connectivity index (χ2v) is 5.75. The highest BCUT2D eigenvalue weighted by atomic mass is 35.5. The number of carbonyl (C=O) groups is 1. The summed E-state index contributed by atoms with van der Waals surface area (Å²) in [7, 11) is 0. The number of nitrogens with one attached hydrogen (secondary N) is 1. The van der Waals surface area contributed by atoms with Gasteiger partial charge in [-0.25, -0.2) is 26.6 Å². The van der Waals surface area contributed by atoms with Gasteiger partial charge in [-0.3, -0.25) is 4.79 Å². The number of ether oxygens (including phenoxy) is 1. The minimum Gasteiger partial charge on any atom is -0.470 e. The highest BCUT2D eigenvalue weighted by Crippen LogP contribution is 2.27. The quantitative estimate of drug-likeness (QED) is 0.377. The Kier molecular flexibility index (Phi) is 5.50. The lowest BCUT2D eigenvalue weighted by Gasteiger charge is -2.09. The minimum atomic E-state index is -2.33. The van der Waals surface area contributed by atoms with Crippen LogP contribution in [0, 0.1) is 29.1 Å². The lowest BCUT2D eigenvalue weighted by atomic mass is 10.2. The van der Waals surface area contributed by atoms with E-state index in [2.05, 4.69) is 5.10 Å². The SMILES string of the molecule is O=C(Nc1c(F)c(F)c(F)c(F)c1F)c1ccn(COc2ccccc2Cl)n1. The largest absolute Gasteiger partial charge is 0.470 e. The third kappa shape index (κ3) is 3.77. The lowest BCUT2D eigenvalue weighted by Crippen LogP contribution is -2.18. The molecule has 0 spiro atoms. The van der Waals surface area contributed by atoms with Crippen LogP contribution in [0.5, 0.6) is 5.75 Å². The number of benzene rings is 2. The van der Waals surface area contributed by atoms with Crippen LogP contribution >= 0.6 is 11.6 Å². The van der Waals surface area contributed by atoms with Crippen LogP contribution in [0.2, 0.25) is 5.02 Å². The van der Waals surface area contributed by atoms with E-state index in [0.29, 0.717) is 10.8 Å². The van der Waals surface area contributed by atoms with Crippen LogP contribution in [0.15, 0.2) is 36.5 Å². The van der Waals surface area contributed by atoms with Gasteiger partial charge in [0.15, 0.2) is 35.7 Å². The first kappa shape index (κ1) is 19.6. The summed E-state index contributed by atoms with van der Waals surface area (Å²) in [5.74, 6) is -11.8. The molecule has 1 aromatic heterocycles. The zero-order valence-corrected chi connectivity index (χ0v) is 14.4. The van der Waals surface area contributed by atoms with Crippen LogP contribution in [0.1, 0.15) is 10.5 Å². The van der Waals surface area contributed by atoms with E-state index in [4.69, 9.17) is 16.3 Å². The van der Waals surface area contributed by atoms with E-state index < -0.39 is 40.7 Å². The molecule has 28 heavy (non-hydrogen) atoms. The fourth-order valence-electron chi connectivity index (χ4n) is 2.14. The predicted molar refractivity (Wildman–Crippen MR) is 88.5 cm³/mol. The molecule has 0 aliphatic rings. The fourth-order valence-corrected chi connectivity index (χ4v) is 2.33. The summed E-state index contributed by atoms with van der Waals surface area (Å²) in [4.78, 5) is 12.0. The van der Waals surface area contributed by atoms with E-state index in [1.807, 2.05) is 0 Å². The summed E-state index contributed by atoms with van der Waals surface area (Å²) in [5.41, 5.74) is -1.81. The maximum atomic E-state index is 13.6. The molecule has 1 N–H and O–H groups in total. The third-order valence-corrected chi connectivity index (χ3v) is 3.82. The first-order valence-corrected chi connectivity index (χ1v) is 7.91. The van der Waals surface area contributed by atoms with Crippen molar-refractivity contribution in [2.24, 2.45) is 0 Å². The molecule has 1 amide bonds. The molecule has 0 saturated heterocycles. The molecule has 3 aromatic rings. The molecular formula is C17H9ClF5N3O2. The van der Waals surface area contributed by atoms with Crippen molar-refractivity contribution in [3.63, 3.8) is 0 Å². The van der Waals surface area contributed by atoms with Gasteiger partial charge in [-0.05, 0) is 18.2 Å². The molecule has 3 rings (SSSR count). The summed E-state index contributed by atoms with van der Waals surface area (Å²) in [6, 6.07) is 7.75. The average Bonchev–Trinajstić information content (AvgIpc) is 3.16. The van der Waals surface area contributed by atoms with E-state index >= 15 is 0 Å². The Morgan fingerprint density at radius 1 is 1.00 bits per heavy atom. The maximum absolute atomic E-state index is 13.6. The first-order valence-electron chi connectivity index (χ1n) is 7.53. The van der Waals surface area contributed by atoms with E-state index in [1.165, 1.54) is 6.20 Å². The van der Waals surface area contributed by atoms with Crippen LogP contribution in [0.4, 0.5) is 27.6 Å². The molecule has 0 saturated carbocycles. The summed E-state index contributed by atoms with van der Waals surface area (Å²) in [5, 5.41) is 5.78. The van der Waals surface area contributed by atoms with Crippen LogP contribution in [-0.4, -0.2) is 15.7 Å². The van der Waals surface area contributed by atoms with E-state index in [1.54, 1.807) is 29.6 Å². The van der Waals surface area contributed by atoms with Crippen LogP contribution in [0.25, 0.3) is 0 Å². The first-order chi connectivity index (χ1) is 13.3. The number of carbonyl (C=O) groups excluding carboxylic acids is 1. The normalized spacial score (nSPS) is 10.8. The highest BCUT2D eigenvalue weighted by Gasteiger charge is 2.27. The Hall–Kier alpha value is -3.14. The summed E-state index contributed by atoms with van der Waals surface area (Å²) >= 11 is 5.92. The van der Waals surface area contributed by atoms with Crippen molar-refractivity contribution in [3.05, 3.63) is 76.3 Å². The summed E-state index contributed by atoms with van der Waals surface area (Å²) in [6.45, 7) is -0.153. The van der Waals surface area contributed by atoms with Crippen LogP contribution in [-0.2, 0) is 6.73 Å². The molecule has 0 unspecified atom stereocenters. The Labute approximate surface area is 159 Å². The zero-order valence-electron chi connectivity index (χ0n) is 13.6. The van der Waals surface area contributed by atoms with E-state index in [0.717, 1.165) is 10.7 Å². The summed E-state index contributed by atoms with van der Waals surface area (Å²) < 4.78 is 73.3. The van der Waals surface area contributed by atoms with Crippen molar-refractivity contribution in [3.8, 4) is 5.75 Å². The van der Waals surface area contributed by atoms with Crippen molar-refractivity contribution in [1.29, 1.82) is 0 Å². The Morgan fingerprint density at radius 3 is 2.25 bits per heavy atom. The molecule has 0 radical (unpaired) electrons.